The molecular formula is C28H59NO2. The fourth-order valence-corrected chi connectivity index (χ4v) is 4.11. The first kappa shape index (κ1) is 32.6. The minimum absolute atomic E-state index is 0.833. The summed E-state index contributed by atoms with van der Waals surface area (Å²) in [7, 11) is 0. The van der Waals surface area contributed by atoms with Crippen LogP contribution in [0, 0.1) is 0 Å². The van der Waals surface area contributed by atoms with Crippen molar-refractivity contribution in [3.8, 4) is 0 Å². The van der Waals surface area contributed by atoms with Crippen LogP contribution in [0.25, 0.3) is 0 Å². The van der Waals surface area contributed by atoms with E-state index in [1.54, 1.807) is 0 Å². The van der Waals surface area contributed by atoms with Gasteiger partial charge >= 0.3 is 0 Å². The Morgan fingerprint density at radius 1 is 0.484 bits per heavy atom. The fourth-order valence-electron chi connectivity index (χ4n) is 4.11. The number of hydrogen-bond acceptors (Lipinski definition) is 2. The molecule has 0 bridgehead atoms. The average molecular weight is 442 g/mol. The van der Waals surface area contributed by atoms with Gasteiger partial charge in [-0.05, 0) is 13.0 Å². The van der Waals surface area contributed by atoms with Gasteiger partial charge in [0, 0.05) is 6.92 Å². The zero-order valence-corrected chi connectivity index (χ0v) is 21.6. The number of rotatable bonds is 24. The molecule has 188 valence electrons. The first-order valence-corrected chi connectivity index (χ1v) is 14.0. The lowest BCUT2D eigenvalue weighted by Gasteiger charge is -2.04. The third-order valence-electron chi connectivity index (χ3n) is 6.06. The number of aliphatic carboxylic acids is 1. The van der Waals surface area contributed by atoms with Gasteiger partial charge in [0.1, 0.15) is 0 Å². The molecule has 0 aliphatic rings. The zero-order chi connectivity index (χ0) is 23.3. The molecule has 3 N–H and O–H groups in total. The van der Waals surface area contributed by atoms with Crippen molar-refractivity contribution >= 4 is 5.97 Å². The van der Waals surface area contributed by atoms with Gasteiger partial charge in [0.25, 0.3) is 5.97 Å². The van der Waals surface area contributed by atoms with Crippen molar-refractivity contribution in [2.45, 2.75) is 168 Å². The van der Waals surface area contributed by atoms with Crippen LogP contribution in [0.4, 0.5) is 0 Å². The van der Waals surface area contributed by atoms with E-state index in [2.05, 4.69) is 6.92 Å². The standard InChI is InChI=1S/C26H55N.C2H4O2/c1-2-3-4-5-6-7-8-9-10-11-12-13-14-15-16-17-18-19-20-21-22-23-24-25-26-27;1-2(3)4/h2-27H2,1H3;1H3,(H,3,4). The molecule has 31 heavy (non-hydrogen) atoms. The summed E-state index contributed by atoms with van der Waals surface area (Å²) in [5, 5.41) is 7.42. The third-order valence-corrected chi connectivity index (χ3v) is 6.06. The van der Waals surface area contributed by atoms with E-state index < -0.39 is 5.97 Å². The number of carboxylic acid groups (broad SMARTS) is 1. The van der Waals surface area contributed by atoms with E-state index >= 15 is 0 Å². The average Bonchev–Trinajstić information content (AvgIpc) is 2.74. The summed E-state index contributed by atoms with van der Waals surface area (Å²) in [5.74, 6) is -0.833. The topological polar surface area (TPSA) is 63.3 Å². The SMILES string of the molecule is CC(=O)O.CCCCCCCCCCCCCCCCCCCCCCCCCCN. The highest BCUT2D eigenvalue weighted by molar-refractivity contribution is 5.62. The van der Waals surface area contributed by atoms with Crippen molar-refractivity contribution in [1.29, 1.82) is 0 Å². The first-order chi connectivity index (χ1) is 15.1. The summed E-state index contributed by atoms with van der Waals surface area (Å²) < 4.78 is 0. The molecule has 0 unspecified atom stereocenters. The van der Waals surface area contributed by atoms with Gasteiger partial charge in [-0.2, -0.15) is 0 Å². The molecule has 0 spiro atoms. The summed E-state index contributed by atoms with van der Waals surface area (Å²) in [5.41, 5.74) is 5.52. The minimum atomic E-state index is -0.833. The smallest absolute Gasteiger partial charge is 0.300 e. The van der Waals surface area contributed by atoms with E-state index in [4.69, 9.17) is 15.6 Å². The highest BCUT2D eigenvalue weighted by Crippen LogP contribution is 2.15. The van der Waals surface area contributed by atoms with Gasteiger partial charge in [-0.1, -0.05) is 155 Å². The maximum atomic E-state index is 9.00. The van der Waals surface area contributed by atoms with Crippen LogP contribution in [0.3, 0.4) is 0 Å². The Labute approximate surface area is 196 Å². The molecule has 0 amide bonds. The number of carbonyl (C=O) groups is 1. The van der Waals surface area contributed by atoms with Crippen LogP contribution in [0.15, 0.2) is 0 Å². The normalized spacial score (nSPS) is 10.7. The molecule has 0 aliphatic heterocycles. The maximum Gasteiger partial charge on any atom is 0.300 e. The molecule has 0 fully saturated rings. The quantitative estimate of drug-likeness (QED) is 0.147. The highest BCUT2D eigenvalue weighted by Gasteiger charge is 1.95. The fraction of sp³-hybridized carbons (Fsp3) is 0.964. The van der Waals surface area contributed by atoms with Crippen LogP contribution in [0.2, 0.25) is 0 Å². The Morgan fingerprint density at radius 3 is 0.806 bits per heavy atom. The van der Waals surface area contributed by atoms with Crippen molar-refractivity contribution in [2.75, 3.05) is 6.54 Å². The molecule has 0 saturated heterocycles. The predicted octanol–water partition coefficient (Wildman–Crippen LogP) is 9.42. The molecule has 0 heterocycles. The summed E-state index contributed by atoms with van der Waals surface area (Å²) in [6.07, 6.45) is 34.8. The molecule has 0 aromatic rings. The van der Waals surface area contributed by atoms with Gasteiger partial charge in [-0.15, -0.1) is 0 Å². The van der Waals surface area contributed by atoms with Crippen LogP contribution in [-0.2, 0) is 4.79 Å². The van der Waals surface area contributed by atoms with E-state index in [9.17, 15) is 0 Å². The number of unbranched alkanes of at least 4 members (excludes halogenated alkanes) is 23. The third kappa shape index (κ3) is 40.3. The second-order valence-electron chi connectivity index (χ2n) is 9.44. The molecule has 0 radical (unpaired) electrons. The Kier molecular flexibility index (Phi) is 33.3. The van der Waals surface area contributed by atoms with Gasteiger partial charge < -0.3 is 10.8 Å². The Hall–Kier alpha value is -0.570. The van der Waals surface area contributed by atoms with Crippen molar-refractivity contribution in [3.05, 3.63) is 0 Å². The van der Waals surface area contributed by atoms with Crippen LogP contribution >= 0.6 is 0 Å². The zero-order valence-electron chi connectivity index (χ0n) is 21.6. The van der Waals surface area contributed by atoms with Crippen LogP contribution in [0.1, 0.15) is 168 Å². The molecule has 0 rings (SSSR count). The van der Waals surface area contributed by atoms with Gasteiger partial charge in [0.2, 0.25) is 0 Å². The van der Waals surface area contributed by atoms with E-state index in [1.165, 1.54) is 154 Å². The maximum absolute atomic E-state index is 9.00. The van der Waals surface area contributed by atoms with Gasteiger partial charge in [-0.3, -0.25) is 4.79 Å². The van der Waals surface area contributed by atoms with E-state index in [0.717, 1.165) is 13.5 Å². The molecule has 0 aromatic carbocycles. The van der Waals surface area contributed by atoms with E-state index in [0.29, 0.717) is 0 Å². The lowest BCUT2D eigenvalue weighted by Crippen LogP contribution is -1.97. The lowest BCUT2D eigenvalue weighted by molar-refractivity contribution is -0.134. The first-order valence-electron chi connectivity index (χ1n) is 14.0. The van der Waals surface area contributed by atoms with Crippen molar-refractivity contribution in [2.24, 2.45) is 5.73 Å². The van der Waals surface area contributed by atoms with Crippen LogP contribution in [0.5, 0.6) is 0 Å². The van der Waals surface area contributed by atoms with E-state index in [-0.39, 0.29) is 0 Å². The summed E-state index contributed by atoms with van der Waals surface area (Å²) in [4.78, 5) is 9.00. The second-order valence-corrected chi connectivity index (χ2v) is 9.44. The molecule has 0 aliphatic carbocycles. The molecule has 0 saturated carbocycles. The van der Waals surface area contributed by atoms with E-state index in [1.807, 2.05) is 0 Å². The van der Waals surface area contributed by atoms with Crippen molar-refractivity contribution in [3.63, 3.8) is 0 Å². The van der Waals surface area contributed by atoms with Gasteiger partial charge in [0.05, 0.1) is 0 Å². The highest BCUT2D eigenvalue weighted by atomic mass is 16.4. The Balaban J connectivity index is 0. The molecule has 3 heteroatoms. The van der Waals surface area contributed by atoms with Gasteiger partial charge in [0.15, 0.2) is 0 Å². The van der Waals surface area contributed by atoms with Crippen LogP contribution in [-0.4, -0.2) is 17.6 Å². The largest absolute Gasteiger partial charge is 0.481 e. The molecule has 0 aromatic heterocycles. The monoisotopic (exact) mass is 441 g/mol. The Bertz CT molecular complexity index is 292. The predicted molar refractivity (Wildman–Crippen MR) is 139 cm³/mol. The second kappa shape index (κ2) is 31.6. The molecule has 0 atom stereocenters. The number of carboxylic acids is 1. The minimum Gasteiger partial charge on any atom is -0.481 e. The lowest BCUT2D eigenvalue weighted by atomic mass is 10.0. The summed E-state index contributed by atoms with van der Waals surface area (Å²) >= 11 is 0. The number of nitrogens with two attached hydrogens (primary N) is 1. The summed E-state index contributed by atoms with van der Waals surface area (Å²) in [6.45, 7) is 4.26. The number of hydrogen-bond donors (Lipinski definition) is 2. The Morgan fingerprint density at radius 2 is 0.645 bits per heavy atom. The molecule has 3 nitrogen and oxygen atoms in total. The molecular weight excluding hydrogens is 382 g/mol. The van der Waals surface area contributed by atoms with Crippen molar-refractivity contribution in [1.82, 2.24) is 0 Å². The van der Waals surface area contributed by atoms with Crippen LogP contribution < -0.4 is 5.73 Å². The van der Waals surface area contributed by atoms with Crippen molar-refractivity contribution < 1.29 is 9.90 Å². The summed E-state index contributed by atoms with van der Waals surface area (Å²) in [6, 6.07) is 0. The van der Waals surface area contributed by atoms with Gasteiger partial charge in [-0.25, -0.2) is 0 Å².